The molecule has 0 aliphatic rings. The average Bonchev–Trinajstić information content (AvgIpc) is 2.18. The van der Waals surface area contributed by atoms with Crippen LogP contribution in [0.25, 0.3) is 0 Å². The molecule has 1 rings (SSSR count). The van der Waals surface area contributed by atoms with Crippen molar-refractivity contribution in [3.05, 3.63) is 42.5 Å². The third-order valence-corrected chi connectivity index (χ3v) is 2.05. The van der Waals surface area contributed by atoms with E-state index < -0.39 is 0 Å². The molecule has 0 aromatic heterocycles. The van der Waals surface area contributed by atoms with Crippen molar-refractivity contribution >= 4 is 0 Å². The summed E-state index contributed by atoms with van der Waals surface area (Å²) in [7, 11) is 0. The molecule has 0 aliphatic heterocycles. The molecule has 2 atom stereocenters. The first-order valence-electron chi connectivity index (χ1n) is 4.79. The molecule has 0 aliphatic carbocycles. The molecule has 76 valence electrons. The number of para-hydroxylation sites is 1. The molecule has 0 spiro atoms. The normalized spacial score (nSPS) is 14.5. The highest BCUT2D eigenvalue weighted by Gasteiger charge is 2.08. The molecular weight excluding hydrogens is 174 g/mol. The molecule has 0 fully saturated rings. The molecule has 1 unspecified atom stereocenters. The van der Waals surface area contributed by atoms with E-state index in [4.69, 9.17) is 10.5 Å². The molecular formula is C12H17NO. The standard InChI is InChI=1S/C12H17NO/c1-4-9(2)14-12-8-6-5-7-11(12)10(3)13/h4-10H,1,13H2,2-3H3/t9?,10-/m1/s1. The molecule has 2 N–H and O–H groups in total. The van der Waals surface area contributed by atoms with Crippen LogP contribution in [0.1, 0.15) is 25.5 Å². The fourth-order valence-electron chi connectivity index (χ4n) is 1.21. The van der Waals surface area contributed by atoms with Gasteiger partial charge >= 0.3 is 0 Å². The zero-order chi connectivity index (χ0) is 10.6. The molecule has 2 heteroatoms. The maximum Gasteiger partial charge on any atom is 0.124 e. The number of benzene rings is 1. The van der Waals surface area contributed by atoms with E-state index in [1.165, 1.54) is 0 Å². The van der Waals surface area contributed by atoms with Gasteiger partial charge < -0.3 is 10.5 Å². The van der Waals surface area contributed by atoms with E-state index >= 15 is 0 Å². The Morgan fingerprint density at radius 2 is 2.00 bits per heavy atom. The van der Waals surface area contributed by atoms with Crippen LogP contribution in [0.2, 0.25) is 0 Å². The van der Waals surface area contributed by atoms with Gasteiger partial charge in [-0.3, -0.25) is 0 Å². The predicted octanol–water partition coefficient (Wildman–Crippen LogP) is 2.66. The van der Waals surface area contributed by atoms with E-state index in [9.17, 15) is 0 Å². The van der Waals surface area contributed by atoms with Crippen LogP contribution in [-0.2, 0) is 0 Å². The number of nitrogens with two attached hydrogens (primary N) is 1. The zero-order valence-corrected chi connectivity index (χ0v) is 8.73. The van der Waals surface area contributed by atoms with Gasteiger partial charge in [0, 0.05) is 11.6 Å². The lowest BCUT2D eigenvalue weighted by Gasteiger charge is -2.16. The Hall–Kier alpha value is -1.28. The Kier molecular flexibility index (Phi) is 3.72. The molecule has 0 saturated heterocycles. The van der Waals surface area contributed by atoms with Crippen molar-refractivity contribution in [3.63, 3.8) is 0 Å². The topological polar surface area (TPSA) is 35.2 Å². The van der Waals surface area contributed by atoms with Gasteiger partial charge in [0.25, 0.3) is 0 Å². The quantitative estimate of drug-likeness (QED) is 0.742. The first-order chi connectivity index (χ1) is 6.65. The van der Waals surface area contributed by atoms with Gasteiger partial charge in [0.2, 0.25) is 0 Å². The highest BCUT2D eigenvalue weighted by Crippen LogP contribution is 2.24. The van der Waals surface area contributed by atoms with Crippen LogP contribution in [0.3, 0.4) is 0 Å². The van der Waals surface area contributed by atoms with E-state index in [2.05, 4.69) is 6.58 Å². The van der Waals surface area contributed by atoms with Crippen LogP contribution < -0.4 is 10.5 Å². The van der Waals surface area contributed by atoms with Crippen molar-refractivity contribution in [2.75, 3.05) is 0 Å². The van der Waals surface area contributed by atoms with Crippen molar-refractivity contribution in [1.29, 1.82) is 0 Å². The van der Waals surface area contributed by atoms with E-state index in [0.717, 1.165) is 11.3 Å². The van der Waals surface area contributed by atoms with Crippen LogP contribution in [0.4, 0.5) is 0 Å². The van der Waals surface area contributed by atoms with Gasteiger partial charge in [0.1, 0.15) is 11.9 Å². The summed E-state index contributed by atoms with van der Waals surface area (Å²) in [5.41, 5.74) is 6.85. The van der Waals surface area contributed by atoms with Crippen molar-refractivity contribution in [1.82, 2.24) is 0 Å². The Morgan fingerprint density at radius 3 is 2.57 bits per heavy atom. The number of ether oxygens (including phenoxy) is 1. The molecule has 0 saturated carbocycles. The SMILES string of the molecule is C=CC(C)Oc1ccccc1[C@@H](C)N. The summed E-state index contributed by atoms with van der Waals surface area (Å²) in [5, 5.41) is 0. The predicted molar refractivity (Wildman–Crippen MR) is 59.3 cm³/mol. The van der Waals surface area contributed by atoms with Crippen LogP contribution in [0.15, 0.2) is 36.9 Å². The lowest BCUT2D eigenvalue weighted by molar-refractivity contribution is 0.266. The molecule has 2 nitrogen and oxygen atoms in total. The summed E-state index contributed by atoms with van der Waals surface area (Å²) >= 11 is 0. The first-order valence-corrected chi connectivity index (χ1v) is 4.79. The highest BCUT2D eigenvalue weighted by molar-refractivity contribution is 5.35. The monoisotopic (exact) mass is 191 g/mol. The molecule has 1 aromatic rings. The Bertz CT molecular complexity index is 307. The van der Waals surface area contributed by atoms with Gasteiger partial charge in [0.15, 0.2) is 0 Å². The van der Waals surface area contributed by atoms with Gasteiger partial charge in [-0.15, -0.1) is 0 Å². The van der Waals surface area contributed by atoms with Crippen molar-refractivity contribution in [2.45, 2.75) is 26.0 Å². The van der Waals surface area contributed by atoms with Gasteiger partial charge in [-0.2, -0.15) is 0 Å². The molecule has 0 bridgehead atoms. The minimum absolute atomic E-state index is 0.00917. The molecule has 0 heterocycles. The highest BCUT2D eigenvalue weighted by atomic mass is 16.5. The Balaban J connectivity index is 2.89. The number of rotatable bonds is 4. The van der Waals surface area contributed by atoms with E-state index in [1.807, 2.05) is 38.1 Å². The number of hydrogen-bond donors (Lipinski definition) is 1. The summed E-state index contributed by atoms with van der Waals surface area (Å²) in [4.78, 5) is 0. The van der Waals surface area contributed by atoms with Crippen LogP contribution in [0, 0.1) is 0 Å². The van der Waals surface area contributed by atoms with Crippen LogP contribution >= 0.6 is 0 Å². The molecule has 1 aromatic carbocycles. The number of hydrogen-bond acceptors (Lipinski definition) is 2. The van der Waals surface area contributed by atoms with Crippen molar-refractivity contribution in [2.24, 2.45) is 5.73 Å². The second-order valence-corrected chi connectivity index (χ2v) is 3.39. The average molecular weight is 191 g/mol. The smallest absolute Gasteiger partial charge is 0.124 e. The Labute approximate surface area is 85.4 Å². The second kappa shape index (κ2) is 4.82. The maximum atomic E-state index is 5.83. The lowest BCUT2D eigenvalue weighted by Crippen LogP contribution is -2.12. The molecule has 0 amide bonds. The summed E-state index contributed by atoms with van der Waals surface area (Å²) in [6, 6.07) is 7.80. The molecule has 14 heavy (non-hydrogen) atoms. The Morgan fingerprint density at radius 1 is 1.36 bits per heavy atom. The van der Waals surface area contributed by atoms with E-state index in [0.29, 0.717) is 0 Å². The van der Waals surface area contributed by atoms with Gasteiger partial charge in [-0.25, -0.2) is 0 Å². The summed E-state index contributed by atoms with van der Waals surface area (Å²) in [6.07, 6.45) is 1.77. The van der Waals surface area contributed by atoms with Gasteiger partial charge in [-0.05, 0) is 19.9 Å². The fraction of sp³-hybridized carbons (Fsp3) is 0.333. The molecule has 0 radical (unpaired) electrons. The third kappa shape index (κ3) is 2.60. The second-order valence-electron chi connectivity index (χ2n) is 3.39. The maximum absolute atomic E-state index is 5.83. The summed E-state index contributed by atoms with van der Waals surface area (Å²) < 4.78 is 5.66. The minimum atomic E-state index is -0.0109. The fourth-order valence-corrected chi connectivity index (χ4v) is 1.21. The van der Waals surface area contributed by atoms with Gasteiger partial charge in [-0.1, -0.05) is 30.9 Å². The largest absolute Gasteiger partial charge is 0.486 e. The minimum Gasteiger partial charge on any atom is -0.486 e. The zero-order valence-electron chi connectivity index (χ0n) is 8.73. The first kappa shape index (κ1) is 10.8. The van der Waals surface area contributed by atoms with Crippen LogP contribution in [0.5, 0.6) is 5.75 Å². The summed E-state index contributed by atoms with van der Waals surface area (Å²) in [5.74, 6) is 0.843. The van der Waals surface area contributed by atoms with E-state index in [1.54, 1.807) is 6.08 Å². The van der Waals surface area contributed by atoms with Crippen LogP contribution in [-0.4, -0.2) is 6.10 Å². The third-order valence-electron chi connectivity index (χ3n) is 2.05. The van der Waals surface area contributed by atoms with E-state index in [-0.39, 0.29) is 12.1 Å². The van der Waals surface area contributed by atoms with Crippen molar-refractivity contribution < 1.29 is 4.74 Å². The lowest BCUT2D eigenvalue weighted by atomic mass is 10.1. The van der Waals surface area contributed by atoms with Crippen molar-refractivity contribution in [3.8, 4) is 5.75 Å². The summed E-state index contributed by atoms with van der Waals surface area (Å²) in [6.45, 7) is 7.57. The van der Waals surface area contributed by atoms with Gasteiger partial charge in [0.05, 0.1) is 0 Å².